The number of aromatic nitrogens is 1. The van der Waals surface area contributed by atoms with Crippen molar-refractivity contribution in [2.24, 2.45) is 5.92 Å². The molecule has 0 amide bonds. The van der Waals surface area contributed by atoms with Gasteiger partial charge in [-0.1, -0.05) is 38.2 Å². The molecule has 1 fully saturated rings. The number of rotatable bonds is 6. The SMILES string of the molecule is OC(CCc1cccnc1)CCC1CCCCC1. The second-order valence-corrected chi connectivity index (χ2v) is 5.64. The van der Waals surface area contributed by atoms with E-state index in [2.05, 4.69) is 11.1 Å². The van der Waals surface area contributed by atoms with Crippen LogP contribution in [0.1, 0.15) is 56.9 Å². The molecule has 0 spiro atoms. The topological polar surface area (TPSA) is 33.1 Å². The quantitative estimate of drug-likeness (QED) is 0.830. The zero-order valence-electron chi connectivity index (χ0n) is 11.2. The van der Waals surface area contributed by atoms with Gasteiger partial charge in [-0.3, -0.25) is 4.98 Å². The Bertz CT molecular complexity index is 319. The lowest BCUT2D eigenvalue weighted by molar-refractivity contribution is 0.140. The van der Waals surface area contributed by atoms with Crippen LogP contribution in [0.5, 0.6) is 0 Å². The Morgan fingerprint density at radius 1 is 1.22 bits per heavy atom. The van der Waals surface area contributed by atoms with Gasteiger partial charge in [0.2, 0.25) is 0 Å². The fraction of sp³-hybridized carbons (Fsp3) is 0.688. The van der Waals surface area contributed by atoms with E-state index in [0.29, 0.717) is 0 Å². The maximum atomic E-state index is 10.0. The molecule has 1 aliphatic rings. The van der Waals surface area contributed by atoms with E-state index in [4.69, 9.17) is 0 Å². The molecular formula is C16H25NO. The van der Waals surface area contributed by atoms with Gasteiger partial charge in [0.05, 0.1) is 6.10 Å². The van der Waals surface area contributed by atoms with Crippen molar-refractivity contribution in [1.29, 1.82) is 0 Å². The van der Waals surface area contributed by atoms with E-state index in [1.807, 2.05) is 12.3 Å². The fourth-order valence-corrected chi connectivity index (χ4v) is 2.93. The maximum absolute atomic E-state index is 10.0. The minimum atomic E-state index is -0.132. The largest absolute Gasteiger partial charge is 0.393 e. The van der Waals surface area contributed by atoms with E-state index in [0.717, 1.165) is 25.2 Å². The predicted molar refractivity (Wildman–Crippen MR) is 74.4 cm³/mol. The normalized spacial score (nSPS) is 18.7. The summed E-state index contributed by atoms with van der Waals surface area (Å²) in [5.74, 6) is 0.881. The number of aliphatic hydroxyl groups is 1. The molecule has 1 atom stereocenters. The maximum Gasteiger partial charge on any atom is 0.0543 e. The van der Waals surface area contributed by atoms with Crippen molar-refractivity contribution in [2.45, 2.75) is 63.9 Å². The highest BCUT2D eigenvalue weighted by Crippen LogP contribution is 2.28. The van der Waals surface area contributed by atoms with E-state index in [1.54, 1.807) is 6.20 Å². The predicted octanol–water partition coefficient (Wildman–Crippen LogP) is 3.74. The first-order valence-electron chi connectivity index (χ1n) is 7.41. The first kappa shape index (κ1) is 13.5. The molecule has 0 bridgehead atoms. The molecule has 0 aromatic carbocycles. The lowest BCUT2D eigenvalue weighted by atomic mass is 9.85. The van der Waals surface area contributed by atoms with E-state index >= 15 is 0 Å². The summed E-state index contributed by atoms with van der Waals surface area (Å²) in [5, 5.41) is 10.0. The Hall–Kier alpha value is -0.890. The van der Waals surface area contributed by atoms with Crippen molar-refractivity contribution in [3.63, 3.8) is 0 Å². The molecule has 1 N–H and O–H groups in total. The van der Waals surface area contributed by atoms with Gasteiger partial charge in [0, 0.05) is 12.4 Å². The third-order valence-corrected chi connectivity index (χ3v) is 4.12. The fourth-order valence-electron chi connectivity index (χ4n) is 2.93. The van der Waals surface area contributed by atoms with Crippen LogP contribution < -0.4 is 0 Å². The Morgan fingerprint density at radius 3 is 2.78 bits per heavy atom. The van der Waals surface area contributed by atoms with Crippen LogP contribution in [0.15, 0.2) is 24.5 Å². The van der Waals surface area contributed by atoms with Gasteiger partial charge in [-0.15, -0.1) is 0 Å². The monoisotopic (exact) mass is 247 g/mol. The van der Waals surface area contributed by atoms with Crippen LogP contribution in [0.25, 0.3) is 0 Å². The molecule has 1 saturated carbocycles. The van der Waals surface area contributed by atoms with Crippen molar-refractivity contribution >= 4 is 0 Å². The molecule has 1 aliphatic carbocycles. The number of aliphatic hydroxyl groups excluding tert-OH is 1. The zero-order chi connectivity index (χ0) is 12.6. The third kappa shape index (κ3) is 4.77. The van der Waals surface area contributed by atoms with Crippen LogP contribution >= 0.6 is 0 Å². The van der Waals surface area contributed by atoms with Gasteiger partial charge in [-0.2, -0.15) is 0 Å². The molecule has 1 unspecified atom stereocenters. The summed E-state index contributed by atoms with van der Waals surface area (Å²) in [6.07, 6.45) is 14.6. The Labute approximate surface area is 110 Å². The summed E-state index contributed by atoms with van der Waals surface area (Å²) in [5.41, 5.74) is 1.23. The van der Waals surface area contributed by atoms with Crippen molar-refractivity contribution in [2.75, 3.05) is 0 Å². The third-order valence-electron chi connectivity index (χ3n) is 4.12. The van der Waals surface area contributed by atoms with Gasteiger partial charge in [-0.05, 0) is 43.2 Å². The summed E-state index contributed by atoms with van der Waals surface area (Å²) >= 11 is 0. The number of aryl methyl sites for hydroxylation is 1. The van der Waals surface area contributed by atoms with Gasteiger partial charge in [0.25, 0.3) is 0 Å². The van der Waals surface area contributed by atoms with E-state index in [1.165, 1.54) is 44.1 Å². The van der Waals surface area contributed by atoms with Crippen molar-refractivity contribution in [3.8, 4) is 0 Å². The lowest BCUT2D eigenvalue weighted by Gasteiger charge is -2.22. The molecule has 2 nitrogen and oxygen atoms in total. The molecule has 18 heavy (non-hydrogen) atoms. The minimum absolute atomic E-state index is 0.132. The number of nitrogens with zero attached hydrogens (tertiary/aromatic N) is 1. The van der Waals surface area contributed by atoms with Crippen LogP contribution in [-0.2, 0) is 6.42 Å². The van der Waals surface area contributed by atoms with E-state index in [9.17, 15) is 5.11 Å². The van der Waals surface area contributed by atoms with Gasteiger partial charge in [0.15, 0.2) is 0 Å². The second kappa shape index (κ2) is 7.52. The first-order valence-corrected chi connectivity index (χ1v) is 7.41. The molecule has 0 saturated heterocycles. The van der Waals surface area contributed by atoms with Gasteiger partial charge >= 0.3 is 0 Å². The van der Waals surface area contributed by atoms with Crippen LogP contribution in [0.3, 0.4) is 0 Å². The molecule has 1 aromatic rings. The summed E-state index contributed by atoms with van der Waals surface area (Å²) < 4.78 is 0. The van der Waals surface area contributed by atoms with Crippen LogP contribution in [0, 0.1) is 5.92 Å². The zero-order valence-corrected chi connectivity index (χ0v) is 11.2. The number of hydrogen-bond acceptors (Lipinski definition) is 2. The summed E-state index contributed by atoms with van der Waals surface area (Å²) in [7, 11) is 0. The van der Waals surface area contributed by atoms with Crippen molar-refractivity contribution in [1.82, 2.24) is 4.98 Å². The average molecular weight is 247 g/mol. The molecule has 1 heterocycles. The highest BCUT2D eigenvalue weighted by Gasteiger charge is 2.15. The van der Waals surface area contributed by atoms with Gasteiger partial charge in [-0.25, -0.2) is 0 Å². The molecular weight excluding hydrogens is 222 g/mol. The highest BCUT2D eigenvalue weighted by molar-refractivity contribution is 5.08. The first-order chi connectivity index (χ1) is 8.84. The molecule has 0 aliphatic heterocycles. The van der Waals surface area contributed by atoms with Crippen molar-refractivity contribution < 1.29 is 5.11 Å². The smallest absolute Gasteiger partial charge is 0.0543 e. The molecule has 2 rings (SSSR count). The van der Waals surface area contributed by atoms with Crippen LogP contribution in [0.2, 0.25) is 0 Å². The number of pyridine rings is 1. The lowest BCUT2D eigenvalue weighted by Crippen LogP contribution is -2.13. The Kier molecular flexibility index (Phi) is 5.66. The summed E-state index contributed by atoms with van der Waals surface area (Å²) in [6, 6.07) is 4.05. The van der Waals surface area contributed by atoms with E-state index < -0.39 is 0 Å². The van der Waals surface area contributed by atoms with Gasteiger partial charge in [0.1, 0.15) is 0 Å². The molecule has 100 valence electrons. The van der Waals surface area contributed by atoms with Crippen LogP contribution in [0.4, 0.5) is 0 Å². The van der Waals surface area contributed by atoms with Crippen molar-refractivity contribution in [3.05, 3.63) is 30.1 Å². The Balaban J connectivity index is 1.61. The molecule has 1 aromatic heterocycles. The highest BCUT2D eigenvalue weighted by atomic mass is 16.3. The van der Waals surface area contributed by atoms with Gasteiger partial charge < -0.3 is 5.11 Å². The second-order valence-electron chi connectivity index (χ2n) is 5.64. The number of hydrogen-bond donors (Lipinski definition) is 1. The Morgan fingerprint density at radius 2 is 2.06 bits per heavy atom. The summed E-state index contributed by atoms with van der Waals surface area (Å²) in [4.78, 5) is 4.10. The molecule has 0 radical (unpaired) electrons. The standard InChI is InChI=1S/C16H25NO/c18-16(10-8-14-5-2-1-3-6-14)11-9-15-7-4-12-17-13-15/h4,7,12-14,16,18H,1-3,5-6,8-11H2. The van der Waals surface area contributed by atoms with E-state index in [-0.39, 0.29) is 6.10 Å². The minimum Gasteiger partial charge on any atom is -0.393 e. The average Bonchev–Trinajstić information content (AvgIpc) is 2.45. The molecule has 2 heteroatoms. The summed E-state index contributed by atoms with van der Waals surface area (Å²) in [6.45, 7) is 0. The van der Waals surface area contributed by atoms with Crippen LogP contribution in [-0.4, -0.2) is 16.2 Å².